The Morgan fingerprint density at radius 1 is 0.943 bits per heavy atom. The van der Waals surface area contributed by atoms with Crippen LogP contribution in [0, 0.1) is 17.0 Å². The van der Waals surface area contributed by atoms with Crippen molar-refractivity contribution in [3.63, 3.8) is 0 Å². The molecular weight excluding hydrogens is 452 g/mol. The highest BCUT2D eigenvalue weighted by molar-refractivity contribution is 5.82. The highest BCUT2D eigenvalue weighted by Gasteiger charge is 2.72. The average molecular weight is 475 g/mol. The molecule has 4 aliphatic rings. The van der Waals surface area contributed by atoms with E-state index in [1.165, 1.54) is 12.1 Å². The van der Waals surface area contributed by atoms with Crippen molar-refractivity contribution >= 4 is 12.1 Å². The predicted molar refractivity (Wildman–Crippen MR) is 124 cm³/mol. The second-order valence-corrected chi connectivity index (χ2v) is 10.1. The van der Waals surface area contributed by atoms with Crippen LogP contribution >= 0.6 is 0 Å². The molecule has 0 aliphatic heterocycles. The van der Waals surface area contributed by atoms with E-state index < -0.39 is 40.6 Å². The van der Waals surface area contributed by atoms with Crippen LogP contribution in [0.2, 0.25) is 0 Å². The van der Waals surface area contributed by atoms with Crippen LogP contribution in [-0.4, -0.2) is 29.8 Å². The third-order valence-electron chi connectivity index (χ3n) is 8.01. The van der Waals surface area contributed by atoms with E-state index in [4.69, 9.17) is 4.74 Å². The minimum absolute atomic E-state index is 0.0890. The van der Waals surface area contributed by atoms with Crippen LogP contribution in [0.4, 0.5) is 13.6 Å². The monoisotopic (exact) mass is 475 g/mol. The van der Waals surface area contributed by atoms with Gasteiger partial charge in [-0.15, -0.1) is 0 Å². The van der Waals surface area contributed by atoms with Gasteiger partial charge in [-0.05, 0) is 64.6 Å². The molecule has 0 heterocycles. The molecular formula is C28H23F2NO4. The maximum absolute atomic E-state index is 13.7. The first kappa shape index (κ1) is 21.8. The number of alkyl carbamates (subject to hydrolysis) is 1. The van der Waals surface area contributed by atoms with E-state index in [1.54, 1.807) is 0 Å². The zero-order chi connectivity index (χ0) is 24.4. The lowest BCUT2D eigenvalue weighted by Crippen LogP contribution is -2.73. The van der Waals surface area contributed by atoms with Crippen molar-refractivity contribution < 1.29 is 28.2 Å². The van der Waals surface area contributed by atoms with Gasteiger partial charge in [0.25, 0.3) is 0 Å². The number of carbonyl (C=O) groups excluding carboxylic acids is 1. The number of amides is 1. The number of fused-ring (bicyclic) bond motifs is 3. The lowest BCUT2D eigenvalue weighted by Gasteiger charge is -2.72. The first-order chi connectivity index (χ1) is 16.8. The van der Waals surface area contributed by atoms with Gasteiger partial charge >= 0.3 is 12.1 Å². The zero-order valence-corrected chi connectivity index (χ0v) is 18.8. The molecule has 1 atom stereocenters. The van der Waals surface area contributed by atoms with E-state index in [9.17, 15) is 23.5 Å². The predicted octanol–water partition coefficient (Wildman–Crippen LogP) is 5.38. The van der Waals surface area contributed by atoms with Gasteiger partial charge in [-0.2, -0.15) is 0 Å². The summed E-state index contributed by atoms with van der Waals surface area (Å²) in [6.45, 7) is 0.0890. The van der Waals surface area contributed by atoms with Gasteiger partial charge in [0.05, 0.1) is 0 Å². The fraction of sp³-hybridized carbons (Fsp3) is 0.286. The van der Waals surface area contributed by atoms with Crippen LogP contribution in [0.5, 0.6) is 0 Å². The number of rotatable bonds is 6. The Bertz CT molecular complexity index is 1290. The third-order valence-corrected chi connectivity index (χ3v) is 8.01. The zero-order valence-electron chi connectivity index (χ0n) is 18.8. The SMILES string of the molecule is O=C(NC(C(=O)O)C12CC(c3cc(F)cc(F)c3)(C1)C2)OCC1c2ccccc2-c2ccccc21. The van der Waals surface area contributed by atoms with Gasteiger partial charge in [0, 0.05) is 17.4 Å². The van der Waals surface area contributed by atoms with E-state index in [0.717, 1.165) is 28.3 Å². The molecule has 1 amide bonds. The van der Waals surface area contributed by atoms with Crippen LogP contribution in [-0.2, 0) is 14.9 Å². The number of benzene rings is 3. The molecule has 3 aromatic rings. The van der Waals surface area contributed by atoms with Crippen LogP contribution in [0.1, 0.15) is 41.9 Å². The van der Waals surface area contributed by atoms with Gasteiger partial charge in [0.2, 0.25) is 0 Å². The molecule has 2 N–H and O–H groups in total. The van der Waals surface area contributed by atoms with Gasteiger partial charge in [-0.3, -0.25) is 0 Å². The average Bonchev–Trinajstić information content (AvgIpc) is 3.08. The molecule has 3 aromatic carbocycles. The summed E-state index contributed by atoms with van der Waals surface area (Å²) >= 11 is 0. The quantitative estimate of drug-likeness (QED) is 0.502. The van der Waals surface area contributed by atoms with Gasteiger partial charge in [-0.25, -0.2) is 18.4 Å². The molecule has 0 spiro atoms. The first-order valence-corrected chi connectivity index (χ1v) is 11.6. The molecule has 4 aliphatic carbocycles. The van der Waals surface area contributed by atoms with Crippen molar-refractivity contribution in [3.8, 4) is 11.1 Å². The number of carboxylic acids is 1. The lowest BCUT2D eigenvalue weighted by atomic mass is 9.31. The smallest absolute Gasteiger partial charge is 0.407 e. The molecule has 35 heavy (non-hydrogen) atoms. The summed E-state index contributed by atoms with van der Waals surface area (Å²) in [5, 5.41) is 12.4. The minimum atomic E-state index is -1.14. The molecule has 2 bridgehead atoms. The molecule has 0 radical (unpaired) electrons. The topological polar surface area (TPSA) is 75.6 Å². The van der Waals surface area contributed by atoms with E-state index in [-0.39, 0.29) is 12.5 Å². The second-order valence-electron chi connectivity index (χ2n) is 10.1. The van der Waals surface area contributed by atoms with Crippen LogP contribution in [0.15, 0.2) is 66.7 Å². The largest absolute Gasteiger partial charge is 0.480 e. The number of ether oxygens (including phenoxy) is 1. The van der Waals surface area contributed by atoms with Crippen molar-refractivity contribution in [2.45, 2.75) is 36.6 Å². The summed E-state index contributed by atoms with van der Waals surface area (Å²) in [5.74, 6) is -2.56. The fourth-order valence-electron chi connectivity index (χ4n) is 6.57. The Balaban J connectivity index is 1.13. The molecule has 0 aromatic heterocycles. The second kappa shape index (κ2) is 7.63. The maximum atomic E-state index is 13.7. The number of hydrogen-bond donors (Lipinski definition) is 2. The van der Waals surface area contributed by atoms with E-state index in [2.05, 4.69) is 5.32 Å². The maximum Gasteiger partial charge on any atom is 0.407 e. The number of hydrogen-bond acceptors (Lipinski definition) is 3. The highest BCUT2D eigenvalue weighted by Crippen LogP contribution is 2.75. The normalized spacial score (nSPS) is 24.4. The van der Waals surface area contributed by atoms with E-state index in [0.29, 0.717) is 24.8 Å². The molecule has 3 fully saturated rings. The molecule has 1 unspecified atom stereocenters. The molecule has 7 heteroatoms. The summed E-state index contributed by atoms with van der Waals surface area (Å²) in [4.78, 5) is 24.7. The minimum Gasteiger partial charge on any atom is -0.480 e. The van der Waals surface area contributed by atoms with Crippen molar-refractivity contribution in [3.05, 3.63) is 95.1 Å². The standard InChI is InChI=1S/C28H23F2NO4/c29-17-9-16(10-18(30)11-17)27-13-28(14-27,15-27)24(25(32)33)31-26(34)35-12-23-21-7-3-1-5-19(21)20-6-2-4-8-22(20)23/h1-11,23-24H,12-15H2,(H,31,34)(H,32,33). The molecule has 178 valence electrons. The Labute approximate surface area is 200 Å². The number of carboxylic acid groups (broad SMARTS) is 1. The summed E-state index contributed by atoms with van der Waals surface area (Å²) in [6.07, 6.45) is 0.561. The molecule has 3 saturated carbocycles. The van der Waals surface area contributed by atoms with E-state index >= 15 is 0 Å². The summed E-state index contributed by atoms with van der Waals surface area (Å²) in [7, 11) is 0. The Morgan fingerprint density at radius 3 is 2.03 bits per heavy atom. The highest BCUT2D eigenvalue weighted by atomic mass is 19.1. The van der Waals surface area contributed by atoms with Crippen molar-refractivity contribution in [2.24, 2.45) is 5.41 Å². The number of carbonyl (C=O) groups is 2. The fourth-order valence-corrected chi connectivity index (χ4v) is 6.57. The van der Waals surface area contributed by atoms with Crippen molar-refractivity contribution in [1.29, 1.82) is 0 Å². The third kappa shape index (κ3) is 3.32. The van der Waals surface area contributed by atoms with Gasteiger partial charge in [-0.1, -0.05) is 48.5 Å². The molecule has 5 nitrogen and oxygen atoms in total. The Kier molecular flexibility index (Phi) is 4.75. The van der Waals surface area contributed by atoms with Gasteiger partial charge < -0.3 is 15.2 Å². The van der Waals surface area contributed by atoms with E-state index in [1.807, 2.05) is 48.5 Å². The van der Waals surface area contributed by atoms with Crippen LogP contribution in [0.3, 0.4) is 0 Å². The van der Waals surface area contributed by atoms with Crippen molar-refractivity contribution in [2.75, 3.05) is 6.61 Å². The van der Waals surface area contributed by atoms with Gasteiger partial charge in [0.1, 0.15) is 24.3 Å². The lowest BCUT2D eigenvalue weighted by molar-refractivity contribution is -0.183. The molecule has 7 rings (SSSR count). The number of nitrogens with one attached hydrogen (secondary N) is 1. The number of halogens is 2. The summed E-state index contributed by atoms with van der Waals surface area (Å²) in [6, 6.07) is 18.2. The Hall–Kier alpha value is -3.74. The first-order valence-electron chi connectivity index (χ1n) is 11.6. The summed E-state index contributed by atoms with van der Waals surface area (Å²) < 4.78 is 32.9. The Morgan fingerprint density at radius 2 is 1.49 bits per heavy atom. The summed E-state index contributed by atoms with van der Waals surface area (Å²) in [5.41, 5.74) is 3.82. The van der Waals surface area contributed by atoms with Crippen LogP contribution in [0.25, 0.3) is 11.1 Å². The van der Waals surface area contributed by atoms with Crippen molar-refractivity contribution in [1.82, 2.24) is 5.32 Å². The molecule has 0 saturated heterocycles. The number of aliphatic carboxylic acids is 1. The van der Waals surface area contributed by atoms with Gasteiger partial charge in [0.15, 0.2) is 0 Å². The van der Waals surface area contributed by atoms with Crippen LogP contribution < -0.4 is 5.32 Å².